The normalized spacial score (nSPS) is 13.5. The number of rotatable bonds is 27. The van der Waals surface area contributed by atoms with Gasteiger partial charge in [0.2, 0.25) is 5.69 Å². The highest BCUT2D eigenvalue weighted by molar-refractivity contribution is 7.86. The molecule has 0 aromatic heterocycles. The first-order chi connectivity index (χ1) is 30.3. The maximum Gasteiger partial charge on any atom is 0.336 e. The second-order valence-electron chi connectivity index (χ2n) is 14.5. The first-order valence-corrected chi connectivity index (χ1v) is 27.6. The Bertz CT molecular complexity index is 2820. The summed E-state index contributed by atoms with van der Waals surface area (Å²) in [6.45, 7) is 3.13. The fraction of sp³-hybridized carbons (Fsp3) is 0.421. The molecule has 2 aromatic carbocycles. The van der Waals surface area contributed by atoms with Crippen molar-refractivity contribution >= 4 is 85.5 Å². The molecule has 0 atom stereocenters. The second-order valence-corrected chi connectivity index (χ2v) is 22.4. The standard InChI is InChI=1S/C38H52N4O19S5/c1-27(41(18-9-21-63(50,51)52)34-15-7-14-32(28(34)2)38(45)46)11-5-4-6-12-31(13-8-20-62(47,48)49)42(19-10-22-64(53,54)55)35-26-30(36(43)39-16-23-65(56,57)58)25-33(29(35)3)37(44)40-17-24-66(59,60)61/h4-7,11-12,14-15,25-26H,8-10,13,16-24H2,1-3H3,(H7-,39,40,43,44,45,46,47,48,49,50,51,52,53,54,55,56,57,58,59,60,61)/p+1. The van der Waals surface area contributed by atoms with E-state index in [1.165, 1.54) is 54.0 Å². The molecule has 8 N–H and O–H groups in total. The first kappa shape index (κ1) is 57.2. The molecule has 0 saturated heterocycles. The molecule has 0 fully saturated rings. The van der Waals surface area contributed by atoms with E-state index in [1.807, 2.05) is 0 Å². The predicted molar refractivity (Wildman–Crippen MR) is 244 cm³/mol. The summed E-state index contributed by atoms with van der Waals surface area (Å²) >= 11 is 0. The van der Waals surface area contributed by atoms with Crippen molar-refractivity contribution in [2.24, 2.45) is 0 Å². The molecule has 368 valence electrons. The average molecular weight is 1030 g/mol. The van der Waals surface area contributed by atoms with E-state index in [0.717, 1.165) is 6.07 Å². The van der Waals surface area contributed by atoms with E-state index < -0.39 is 110 Å². The number of benzene rings is 2. The van der Waals surface area contributed by atoms with Crippen LogP contribution in [0.3, 0.4) is 0 Å². The molecule has 2 aromatic rings. The summed E-state index contributed by atoms with van der Waals surface area (Å²) in [5.41, 5.74) is 0.929. The van der Waals surface area contributed by atoms with Crippen molar-refractivity contribution in [1.82, 2.24) is 10.6 Å². The third kappa shape index (κ3) is 21.6. The van der Waals surface area contributed by atoms with Gasteiger partial charge in [0, 0.05) is 72.7 Å². The molecule has 0 radical (unpaired) electrons. The number of hydrogen-bond acceptors (Lipinski definition) is 14. The van der Waals surface area contributed by atoms with Gasteiger partial charge in [0.05, 0.1) is 34.3 Å². The first-order valence-electron chi connectivity index (χ1n) is 19.5. The summed E-state index contributed by atoms with van der Waals surface area (Å²) in [5, 5.41) is 14.2. The quantitative estimate of drug-likeness (QED) is 0.0275. The van der Waals surface area contributed by atoms with E-state index in [9.17, 15) is 75.2 Å². The summed E-state index contributed by atoms with van der Waals surface area (Å²) in [6.07, 6.45) is 6.66. The van der Waals surface area contributed by atoms with Gasteiger partial charge in [-0.25, -0.2) is 4.79 Å². The molecule has 0 aliphatic heterocycles. The highest BCUT2D eigenvalue weighted by Gasteiger charge is 2.27. The van der Waals surface area contributed by atoms with Crippen LogP contribution >= 0.6 is 0 Å². The lowest BCUT2D eigenvalue weighted by molar-refractivity contribution is -0.441. The molecular formula is C38H53N4O19S5+. The van der Waals surface area contributed by atoms with Crippen LogP contribution in [0.1, 0.15) is 74.8 Å². The Labute approximate surface area is 383 Å². The maximum absolute atomic E-state index is 13.5. The zero-order valence-corrected chi connectivity index (χ0v) is 40.0. The van der Waals surface area contributed by atoms with Crippen LogP contribution in [0.15, 0.2) is 66.4 Å². The fourth-order valence-electron chi connectivity index (χ4n) is 6.25. The molecule has 0 spiro atoms. The predicted octanol–water partition coefficient (Wildman–Crippen LogP) is 2.07. The molecule has 66 heavy (non-hydrogen) atoms. The third-order valence-electron chi connectivity index (χ3n) is 9.32. The Hall–Kier alpha value is -4.91. The number of hydrogen-bond donors (Lipinski definition) is 8. The maximum atomic E-state index is 13.5. The Kier molecular flexibility index (Phi) is 21.4. The van der Waals surface area contributed by atoms with Crippen LogP contribution in [0.5, 0.6) is 0 Å². The Morgan fingerprint density at radius 2 is 1.18 bits per heavy atom. The van der Waals surface area contributed by atoms with Crippen LogP contribution in [0.4, 0.5) is 11.4 Å². The zero-order chi connectivity index (χ0) is 50.3. The van der Waals surface area contributed by atoms with Crippen LogP contribution in [0.2, 0.25) is 0 Å². The van der Waals surface area contributed by atoms with E-state index in [2.05, 4.69) is 10.6 Å². The van der Waals surface area contributed by atoms with E-state index in [4.69, 9.17) is 9.11 Å². The lowest BCUT2D eigenvalue weighted by atomic mass is 10.00. The number of carboxylic acids is 1. The van der Waals surface area contributed by atoms with E-state index >= 15 is 0 Å². The van der Waals surface area contributed by atoms with Crippen molar-refractivity contribution < 1.29 is 88.9 Å². The van der Waals surface area contributed by atoms with Crippen molar-refractivity contribution in [3.8, 4) is 0 Å². The van der Waals surface area contributed by atoms with E-state index in [0.29, 0.717) is 16.9 Å². The monoisotopic (exact) mass is 1030 g/mol. The number of carbonyl (C=O) groups excluding carboxylic acids is 2. The largest absolute Gasteiger partial charge is 0.478 e. The van der Waals surface area contributed by atoms with Crippen molar-refractivity contribution in [3.63, 3.8) is 0 Å². The Morgan fingerprint density at radius 3 is 1.73 bits per heavy atom. The van der Waals surface area contributed by atoms with Crippen LogP contribution in [0.25, 0.3) is 0 Å². The minimum Gasteiger partial charge on any atom is -0.478 e. The molecule has 0 heterocycles. The Morgan fingerprint density at radius 1 is 0.652 bits per heavy atom. The van der Waals surface area contributed by atoms with E-state index in [-0.39, 0.29) is 72.4 Å². The minimum absolute atomic E-state index is 0.00146. The minimum atomic E-state index is -4.57. The smallest absolute Gasteiger partial charge is 0.336 e. The molecule has 0 bridgehead atoms. The lowest BCUT2D eigenvalue weighted by Crippen LogP contribution is -2.32. The molecule has 0 unspecified atom stereocenters. The van der Waals surface area contributed by atoms with Gasteiger partial charge >= 0.3 is 5.97 Å². The second kappa shape index (κ2) is 24.7. The van der Waals surface area contributed by atoms with Gasteiger partial charge in [-0.2, -0.15) is 46.7 Å². The summed E-state index contributed by atoms with van der Waals surface area (Å²) in [6, 6.07) is 6.80. The summed E-state index contributed by atoms with van der Waals surface area (Å²) in [7, 11) is -22.5. The van der Waals surface area contributed by atoms with E-state index in [1.54, 1.807) is 30.9 Å². The zero-order valence-electron chi connectivity index (χ0n) is 35.9. The molecule has 0 aliphatic carbocycles. The van der Waals surface area contributed by atoms with Crippen molar-refractivity contribution in [1.29, 1.82) is 0 Å². The number of allylic oxidation sites excluding steroid dienone is 6. The number of nitrogens with zero attached hydrogens (tertiary/aromatic N) is 2. The average Bonchev–Trinajstić information content (AvgIpc) is 3.15. The number of nitrogens with one attached hydrogen (secondary N) is 2. The van der Waals surface area contributed by atoms with Crippen molar-refractivity contribution in [2.75, 3.05) is 59.8 Å². The van der Waals surface area contributed by atoms with Gasteiger partial charge in [-0.3, -0.25) is 32.4 Å². The Balaban J connectivity index is 2.90. The highest BCUT2D eigenvalue weighted by atomic mass is 32.2. The number of carboxylic acid groups (broad SMARTS) is 1. The van der Waals surface area contributed by atoms with Gasteiger partial charge in [-0.05, 0) is 63.5 Å². The molecule has 0 saturated carbocycles. The van der Waals surface area contributed by atoms with Crippen molar-refractivity contribution in [2.45, 2.75) is 46.5 Å². The molecular weight excluding hydrogens is 977 g/mol. The summed E-state index contributed by atoms with van der Waals surface area (Å²) in [5.74, 6) is -7.09. The summed E-state index contributed by atoms with van der Waals surface area (Å²) in [4.78, 5) is 40.4. The molecule has 2 amide bonds. The van der Waals surface area contributed by atoms with Gasteiger partial charge < -0.3 is 20.6 Å². The van der Waals surface area contributed by atoms with Gasteiger partial charge in [0.1, 0.15) is 6.54 Å². The fourth-order valence-corrected chi connectivity index (χ4v) is 8.47. The molecule has 28 heteroatoms. The molecule has 2 rings (SSSR count). The van der Waals surface area contributed by atoms with Crippen molar-refractivity contribution in [3.05, 3.63) is 94.2 Å². The highest BCUT2D eigenvalue weighted by Crippen LogP contribution is 2.28. The van der Waals surface area contributed by atoms with Crippen LogP contribution in [-0.4, -0.2) is 153 Å². The van der Waals surface area contributed by atoms with Gasteiger partial charge in [0.25, 0.3) is 62.4 Å². The molecule has 0 aliphatic rings. The van der Waals surface area contributed by atoms with Crippen LogP contribution in [-0.2, 0) is 50.6 Å². The topological polar surface area (TPSA) is 374 Å². The number of aromatic carboxylic acids is 1. The SMILES string of the molecule is C\C(=C/C=C/C=C/C(CCCS(=O)(=O)O)=[N+](\CCCS(=O)(=O)O)c1cc(C(=O)NCCS(=O)(=O)O)cc(C(=O)NCCS(=O)(=O)O)c1C)N(CCCS(=O)(=O)O)c1cccc(C(=O)O)c1C. The third-order valence-corrected chi connectivity index (χ3v) is 13.2. The van der Waals surface area contributed by atoms with Crippen LogP contribution < -0.4 is 15.5 Å². The van der Waals surface area contributed by atoms with Gasteiger partial charge in [-0.1, -0.05) is 24.3 Å². The lowest BCUT2D eigenvalue weighted by Gasteiger charge is -2.27. The number of carbonyl (C=O) groups is 3. The number of anilines is 1. The summed E-state index contributed by atoms with van der Waals surface area (Å²) < 4.78 is 164. The van der Waals surface area contributed by atoms with Gasteiger partial charge in [-0.15, -0.1) is 0 Å². The van der Waals surface area contributed by atoms with Crippen LogP contribution in [0, 0.1) is 13.8 Å². The van der Waals surface area contributed by atoms with Gasteiger partial charge in [0.15, 0.2) is 5.71 Å². The molecule has 23 nitrogen and oxygen atoms in total. The number of amides is 2.